The molecule has 0 fully saturated rings. The van der Waals surface area contributed by atoms with E-state index in [4.69, 9.17) is 0 Å². The van der Waals surface area contributed by atoms with Crippen molar-refractivity contribution >= 4 is 38.3 Å². The lowest BCUT2D eigenvalue weighted by Crippen LogP contribution is -2.13. The second-order valence-corrected chi connectivity index (χ2v) is 6.73. The Balaban J connectivity index is 1.99. The molecule has 21 heavy (non-hydrogen) atoms. The van der Waals surface area contributed by atoms with E-state index in [1.165, 1.54) is 24.3 Å². The quantitative estimate of drug-likeness (QED) is 0.726. The highest BCUT2D eigenvalue weighted by atomic mass is 32.2. The summed E-state index contributed by atoms with van der Waals surface area (Å²) in [5, 5.41) is 0.924. The maximum absolute atomic E-state index is 12.4. The molecule has 2 N–H and O–H groups in total. The molecule has 1 heterocycles. The number of rotatable bonds is 4. The van der Waals surface area contributed by atoms with E-state index < -0.39 is 10.0 Å². The number of H-pyrrole nitrogens is 1. The Kier molecular flexibility index (Phi) is 3.44. The van der Waals surface area contributed by atoms with Gasteiger partial charge in [-0.05, 0) is 24.3 Å². The fraction of sp³-hybridized carbons (Fsp3) is 0. The number of hydrogen-bond acceptors (Lipinski definition) is 3. The zero-order chi connectivity index (χ0) is 14.9. The Hall–Kier alpha value is -2.25. The van der Waals surface area contributed by atoms with E-state index in [1.807, 2.05) is 12.1 Å². The fourth-order valence-corrected chi connectivity index (χ4v) is 3.37. The van der Waals surface area contributed by atoms with Gasteiger partial charge in [0.25, 0.3) is 14.9 Å². The second kappa shape index (κ2) is 5.27. The minimum Gasteiger partial charge on any atom is -0.359 e. The largest absolute Gasteiger partial charge is 0.505 e. The molecular weight excluding hydrogens is 308 g/mol. The molecule has 5 nitrogen and oxygen atoms in total. The van der Waals surface area contributed by atoms with Gasteiger partial charge in [-0.1, -0.05) is 12.1 Å². The number of aromatic nitrogens is 1. The molecule has 106 valence electrons. The topological polar surface area (TPSA) is 79.0 Å². The minimum atomic E-state index is -3.69. The molecule has 0 spiro atoms. The van der Waals surface area contributed by atoms with Gasteiger partial charge in [0.05, 0.1) is 16.1 Å². The summed E-state index contributed by atoms with van der Waals surface area (Å²) < 4.78 is 37.9. The Morgan fingerprint density at radius 2 is 1.76 bits per heavy atom. The smallest absolute Gasteiger partial charge is 0.359 e. The van der Waals surface area contributed by atoms with Crippen LogP contribution in [0.5, 0.6) is 0 Å². The van der Waals surface area contributed by atoms with Crippen LogP contribution in [0.1, 0.15) is 0 Å². The van der Waals surface area contributed by atoms with E-state index in [2.05, 4.69) is 9.71 Å². The summed E-state index contributed by atoms with van der Waals surface area (Å²) in [7, 11) is -3.69. The number of benzene rings is 2. The van der Waals surface area contributed by atoms with Crippen molar-refractivity contribution in [1.82, 2.24) is 4.98 Å². The normalized spacial score (nSPS) is 11.4. The van der Waals surface area contributed by atoms with Gasteiger partial charge in [0.15, 0.2) is 0 Å². The molecule has 0 aliphatic rings. The Bertz CT molecular complexity index is 899. The number of para-hydroxylation sites is 1. The summed E-state index contributed by atoms with van der Waals surface area (Å²) in [5.41, 5.74) is 1.22. The number of sulfonamides is 1. The number of hydrogen-bond donors (Lipinski definition) is 2. The molecular formula is C14H11N2O3S2+. The van der Waals surface area contributed by atoms with Gasteiger partial charge in [-0.25, -0.2) is 8.42 Å². The van der Waals surface area contributed by atoms with Crippen molar-refractivity contribution in [2.45, 2.75) is 9.79 Å². The lowest BCUT2D eigenvalue weighted by Gasteiger charge is -2.08. The summed E-state index contributed by atoms with van der Waals surface area (Å²) >= 11 is 0.325. The first-order chi connectivity index (χ1) is 10.1. The van der Waals surface area contributed by atoms with Gasteiger partial charge in [0.2, 0.25) is 0 Å². The first-order valence-corrected chi connectivity index (χ1v) is 8.31. The fourth-order valence-electron chi connectivity index (χ4n) is 2.05. The molecule has 0 radical (unpaired) electrons. The highest BCUT2D eigenvalue weighted by Crippen LogP contribution is 2.24. The van der Waals surface area contributed by atoms with Crippen molar-refractivity contribution in [3.63, 3.8) is 0 Å². The van der Waals surface area contributed by atoms with E-state index in [1.54, 1.807) is 18.3 Å². The zero-order valence-corrected chi connectivity index (χ0v) is 12.4. The van der Waals surface area contributed by atoms with Crippen molar-refractivity contribution in [3.8, 4) is 0 Å². The van der Waals surface area contributed by atoms with Crippen molar-refractivity contribution in [1.29, 1.82) is 0 Å². The second-order valence-electron chi connectivity index (χ2n) is 4.41. The van der Waals surface area contributed by atoms with Crippen molar-refractivity contribution in [2.24, 2.45) is 0 Å². The molecule has 3 rings (SSSR count). The zero-order valence-electron chi connectivity index (χ0n) is 10.7. The van der Waals surface area contributed by atoms with Crippen LogP contribution in [0.4, 0.5) is 5.69 Å². The van der Waals surface area contributed by atoms with E-state index in [9.17, 15) is 12.6 Å². The monoisotopic (exact) mass is 319 g/mol. The van der Waals surface area contributed by atoms with E-state index >= 15 is 0 Å². The average Bonchev–Trinajstić information content (AvgIpc) is 2.97. The van der Waals surface area contributed by atoms with Gasteiger partial charge < -0.3 is 4.98 Å². The van der Waals surface area contributed by atoms with Crippen LogP contribution in [-0.2, 0) is 25.9 Å². The Morgan fingerprint density at radius 3 is 2.48 bits per heavy atom. The van der Waals surface area contributed by atoms with Crippen molar-refractivity contribution in [2.75, 3.05) is 4.72 Å². The van der Waals surface area contributed by atoms with Crippen LogP contribution in [0.25, 0.3) is 10.9 Å². The highest BCUT2D eigenvalue weighted by Gasteiger charge is 2.17. The van der Waals surface area contributed by atoms with Crippen LogP contribution in [0.3, 0.4) is 0 Å². The molecule has 0 bridgehead atoms. The van der Waals surface area contributed by atoms with E-state index in [-0.39, 0.29) is 4.90 Å². The van der Waals surface area contributed by atoms with Gasteiger partial charge in [-0.2, -0.15) is 0 Å². The predicted octanol–water partition coefficient (Wildman–Crippen LogP) is 2.76. The summed E-state index contributed by atoms with van der Waals surface area (Å²) in [6.07, 6.45) is 1.75. The van der Waals surface area contributed by atoms with Crippen LogP contribution >= 0.6 is 0 Å². The van der Waals surface area contributed by atoms with Crippen LogP contribution in [0.15, 0.2) is 64.5 Å². The third-order valence-electron chi connectivity index (χ3n) is 3.06. The molecule has 0 aliphatic heterocycles. The lowest BCUT2D eigenvalue weighted by molar-refractivity contribution is 0.600. The first kappa shape index (κ1) is 13.7. The van der Waals surface area contributed by atoms with Crippen molar-refractivity contribution in [3.05, 3.63) is 54.7 Å². The SMILES string of the molecule is O=[S+]c1ccc(S(=O)(=O)Nc2cccc3cc[nH]c23)cc1. The maximum Gasteiger partial charge on any atom is 0.505 e. The molecule has 0 unspecified atom stereocenters. The van der Waals surface area contributed by atoms with E-state index in [0.717, 1.165) is 10.9 Å². The van der Waals surface area contributed by atoms with Crippen molar-refractivity contribution < 1.29 is 12.6 Å². The molecule has 0 saturated heterocycles. The van der Waals surface area contributed by atoms with Crippen LogP contribution < -0.4 is 4.72 Å². The third-order valence-corrected chi connectivity index (χ3v) is 4.91. The molecule has 7 heteroatoms. The summed E-state index contributed by atoms with van der Waals surface area (Å²) in [4.78, 5) is 3.60. The third kappa shape index (κ3) is 2.65. The molecule has 0 amide bonds. The van der Waals surface area contributed by atoms with Gasteiger partial charge in [0.1, 0.15) is 0 Å². The van der Waals surface area contributed by atoms with Crippen LogP contribution in [-0.4, -0.2) is 13.4 Å². The predicted molar refractivity (Wildman–Crippen MR) is 81.9 cm³/mol. The number of nitrogens with one attached hydrogen (secondary N) is 2. The maximum atomic E-state index is 12.4. The molecule has 0 aliphatic carbocycles. The number of aromatic amines is 1. The Labute approximate surface area is 125 Å². The summed E-state index contributed by atoms with van der Waals surface area (Å²) in [5.74, 6) is 0. The molecule has 2 aromatic carbocycles. The van der Waals surface area contributed by atoms with Gasteiger partial charge in [-0.3, -0.25) is 4.72 Å². The van der Waals surface area contributed by atoms with E-state index in [0.29, 0.717) is 22.2 Å². The molecule has 3 aromatic rings. The number of fused-ring (bicyclic) bond motifs is 1. The minimum absolute atomic E-state index is 0.115. The highest BCUT2D eigenvalue weighted by molar-refractivity contribution is 7.92. The molecule has 0 saturated carbocycles. The lowest BCUT2D eigenvalue weighted by atomic mass is 10.2. The molecule has 1 aromatic heterocycles. The Morgan fingerprint density at radius 1 is 1.00 bits per heavy atom. The van der Waals surface area contributed by atoms with Gasteiger partial charge in [-0.15, -0.1) is 0 Å². The van der Waals surface area contributed by atoms with Gasteiger partial charge >= 0.3 is 11.7 Å². The standard InChI is InChI=1S/C14H11N2O3S2/c17-20-11-4-6-12(7-5-11)21(18,19)16-13-3-1-2-10-8-9-15-14(10)13/h1-9,15-16H/q+1. The first-order valence-electron chi connectivity index (χ1n) is 6.09. The molecule has 0 atom stereocenters. The summed E-state index contributed by atoms with van der Waals surface area (Å²) in [6.45, 7) is 0. The van der Waals surface area contributed by atoms with Crippen LogP contribution in [0, 0.1) is 0 Å². The van der Waals surface area contributed by atoms with Crippen LogP contribution in [0.2, 0.25) is 0 Å². The number of anilines is 1. The van der Waals surface area contributed by atoms with Gasteiger partial charge in [0, 0.05) is 27.9 Å². The average molecular weight is 319 g/mol. The summed E-state index contributed by atoms with van der Waals surface area (Å²) in [6, 6.07) is 13.0.